The first kappa shape index (κ1) is 18.7. The van der Waals surface area contributed by atoms with Gasteiger partial charge in [-0.3, -0.25) is 0 Å². The summed E-state index contributed by atoms with van der Waals surface area (Å²) < 4.78 is 0. The second-order valence-corrected chi connectivity index (χ2v) is 2.19. The Morgan fingerprint density at radius 2 is 1.50 bits per heavy atom. The number of aromatic amines is 1. The van der Waals surface area contributed by atoms with Gasteiger partial charge in [-0.05, 0) is 32.4 Å². The lowest BCUT2D eigenvalue weighted by Gasteiger charge is -1.81. The highest BCUT2D eigenvalue weighted by Gasteiger charge is 1.85. The maximum atomic E-state index is 3.36. The molecule has 0 aliphatic rings. The third-order valence-electron chi connectivity index (χ3n) is 1.22. The summed E-state index contributed by atoms with van der Waals surface area (Å²) in [6, 6.07) is 2.06. The molecule has 0 saturated heterocycles. The average molecular weight is 197 g/mol. The van der Waals surface area contributed by atoms with Crippen molar-refractivity contribution in [2.24, 2.45) is 0 Å². The molecule has 14 heavy (non-hydrogen) atoms. The van der Waals surface area contributed by atoms with Crippen molar-refractivity contribution in [1.82, 2.24) is 4.98 Å². The van der Waals surface area contributed by atoms with E-state index in [9.17, 15) is 0 Å². The van der Waals surface area contributed by atoms with Gasteiger partial charge in [0.25, 0.3) is 0 Å². The average Bonchev–Trinajstić information content (AvgIpc) is 2.59. The number of aromatic nitrogens is 1. The Hall–Kier alpha value is -0.980. The number of aryl methyl sites for hydroxylation is 2. The number of hydrogen-bond acceptors (Lipinski definition) is 0. The van der Waals surface area contributed by atoms with Gasteiger partial charge in [-0.1, -0.05) is 33.8 Å². The van der Waals surface area contributed by atoms with Gasteiger partial charge in [0.15, 0.2) is 0 Å². The summed E-state index contributed by atoms with van der Waals surface area (Å²) in [5.41, 5.74) is 2.60. The van der Waals surface area contributed by atoms with Crippen LogP contribution in [0.4, 0.5) is 0 Å². The standard InChI is InChI=1S/C6H9N.C3H6.2C2H6/c1-5-3-4-7-6(5)2;1-3-2;2*1-2/h3-4,7H,1-2H3;3H,1H2,2H3;2*1-2H3. The molecule has 1 nitrogen and oxygen atoms in total. The summed E-state index contributed by atoms with van der Waals surface area (Å²) in [6.45, 7) is 17.4. The fraction of sp³-hybridized carbons (Fsp3) is 0.538. The van der Waals surface area contributed by atoms with E-state index in [0.717, 1.165) is 0 Å². The number of rotatable bonds is 0. The smallest absolute Gasteiger partial charge is 0.0145 e. The zero-order valence-corrected chi connectivity index (χ0v) is 10.9. The van der Waals surface area contributed by atoms with Crippen molar-refractivity contribution in [1.29, 1.82) is 0 Å². The van der Waals surface area contributed by atoms with E-state index < -0.39 is 0 Å². The maximum Gasteiger partial charge on any atom is 0.0145 e. The third kappa shape index (κ3) is 13.6. The van der Waals surface area contributed by atoms with E-state index in [0.29, 0.717) is 0 Å². The van der Waals surface area contributed by atoms with Gasteiger partial charge in [0.05, 0.1) is 0 Å². The molecule has 0 aliphatic heterocycles. The zero-order valence-electron chi connectivity index (χ0n) is 10.9. The van der Waals surface area contributed by atoms with Crippen LogP contribution >= 0.6 is 0 Å². The fourth-order valence-electron chi connectivity index (χ4n) is 0.531. The van der Waals surface area contributed by atoms with E-state index in [-0.39, 0.29) is 0 Å². The van der Waals surface area contributed by atoms with Gasteiger partial charge in [-0.25, -0.2) is 0 Å². The predicted octanol–water partition coefficient (Wildman–Crippen LogP) is 4.88. The van der Waals surface area contributed by atoms with Crippen LogP contribution in [0.5, 0.6) is 0 Å². The van der Waals surface area contributed by atoms with Crippen LogP contribution in [-0.2, 0) is 0 Å². The lowest BCUT2D eigenvalue weighted by Crippen LogP contribution is -1.69. The first-order chi connectivity index (χ1) is 6.72. The van der Waals surface area contributed by atoms with Crippen molar-refractivity contribution in [2.75, 3.05) is 0 Å². The number of allylic oxidation sites excluding steroid dienone is 1. The van der Waals surface area contributed by atoms with E-state index >= 15 is 0 Å². The van der Waals surface area contributed by atoms with Crippen LogP contribution < -0.4 is 0 Å². The molecular weight excluding hydrogens is 170 g/mol. The summed E-state index contributed by atoms with van der Waals surface area (Å²) in [7, 11) is 0. The third-order valence-corrected chi connectivity index (χ3v) is 1.22. The Balaban J connectivity index is -0.000000148. The lowest BCUT2D eigenvalue weighted by atomic mass is 10.3. The number of hydrogen-bond donors (Lipinski definition) is 1. The van der Waals surface area contributed by atoms with E-state index in [1.54, 1.807) is 6.08 Å². The molecule has 1 heterocycles. The van der Waals surface area contributed by atoms with Crippen molar-refractivity contribution >= 4 is 0 Å². The Kier molecular flexibility index (Phi) is 24.0. The number of H-pyrrole nitrogens is 1. The minimum Gasteiger partial charge on any atom is -0.365 e. The predicted molar refractivity (Wildman–Crippen MR) is 68.8 cm³/mol. The molecule has 0 aromatic carbocycles. The monoisotopic (exact) mass is 197 g/mol. The molecule has 0 unspecified atom stereocenters. The molecule has 1 N–H and O–H groups in total. The van der Waals surface area contributed by atoms with Gasteiger partial charge in [0, 0.05) is 11.9 Å². The molecule has 84 valence electrons. The van der Waals surface area contributed by atoms with E-state index in [4.69, 9.17) is 0 Å². The van der Waals surface area contributed by atoms with Crippen LogP contribution in [0.15, 0.2) is 24.9 Å². The maximum absolute atomic E-state index is 3.36. The fourth-order valence-corrected chi connectivity index (χ4v) is 0.531. The van der Waals surface area contributed by atoms with E-state index in [1.807, 2.05) is 40.8 Å². The minimum absolute atomic E-state index is 1.26. The second kappa shape index (κ2) is 17.9. The van der Waals surface area contributed by atoms with Crippen molar-refractivity contribution in [3.8, 4) is 0 Å². The van der Waals surface area contributed by atoms with Crippen LogP contribution in [0.1, 0.15) is 45.9 Å². The van der Waals surface area contributed by atoms with Crippen molar-refractivity contribution in [3.05, 3.63) is 36.2 Å². The van der Waals surface area contributed by atoms with Gasteiger partial charge < -0.3 is 4.98 Å². The zero-order chi connectivity index (χ0) is 12.0. The largest absolute Gasteiger partial charge is 0.365 e. The summed E-state index contributed by atoms with van der Waals surface area (Å²) in [5, 5.41) is 0. The van der Waals surface area contributed by atoms with Crippen LogP contribution in [0.3, 0.4) is 0 Å². The van der Waals surface area contributed by atoms with Crippen LogP contribution in [0.25, 0.3) is 0 Å². The van der Waals surface area contributed by atoms with Gasteiger partial charge in [-0.15, -0.1) is 6.58 Å². The van der Waals surface area contributed by atoms with Crippen molar-refractivity contribution in [2.45, 2.75) is 48.5 Å². The molecule has 0 radical (unpaired) electrons. The van der Waals surface area contributed by atoms with Gasteiger partial charge in [0.2, 0.25) is 0 Å². The second-order valence-electron chi connectivity index (χ2n) is 2.19. The van der Waals surface area contributed by atoms with Crippen molar-refractivity contribution < 1.29 is 0 Å². The summed E-state index contributed by atoms with van der Waals surface area (Å²) in [6.07, 6.45) is 3.70. The molecule has 1 heteroatoms. The normalized spacial score (nSPS) is 6.50. The molecule has 1 aromatic heterocycles. The lowest BCUT2D eigenvalue weighted by molar-refractivity contribution is 1.23. The molecule has 0 saturated carbocycles. The summed E-state index contributed by atoms with van der Waals surface area (Å²) >= 11 is 0. The first-order valence-corrected chi connectivity index (χ1v) is 5.40. The van der Waals surface area contributed by atoms with Crippen LogP contribution in [0.2, 0.25) is 0 Å². The molecule has 0 amide bonds. The molecular formula is C13H27N. The molecule has 0 fully saturated rings. The Bertz CT molecular complexity index is 170. The summed E-state index contributed by atoms with van der Waals surface area (Å²) in [5.74, 6) is 0. The Morgan fingerprint density at radius 3 is 1.57 bits per heavy atom. The molecule has 0 atom stereocenters. The van der Waals surface area contributed by atoms with Gasteiger partial charge in [0.1, 0.15) is 0 Å². The molecule has 1 aromatic rings. The SMILES string of the molecule is C=CC.CC.CC.Cc1cc[nH]c1C. The Morgan fingerprint density at radius 1 is 1.14 bits per heavy atom. The summed E-state index contributed by atoms with van der Waals surface area (Å²) in [4.78, 5) is 3.07. The number of nitrogens with one attached hydrogen (secondary N) is 1. The molecule has 1 rings (SSSR count). The molecule has 0 spiro atoms. The van der Waals surface area contributed by atoms with Gasteiger partial charge >= 0.3 is 0 Å². The Labute approximate surface area is 90.3 Å². The van der Waals surface area contributed by atoms with E-state index in [2.05, 4.69) is 31.5 Å². The highest BCUT2D eigenvalue weighted by Crippen LogP contribution is 1.99. The van der Waals surface area contributed by atoms with E-state index in [1.165, 1.54) is 11.3 Å². The highest BCUT2D eigenvalue weighted by atomic mass is 14.7. The van der Waals surface area contributed by atoms with Crippen LogP contribution in [-0.4, -0.2) is 4.98 Å². The van der Waals surface area contributed by atoms with Gasteiger partial charge in [-0.2, -0.15) is 0 Å². The van der Waals surface area contributed by atoms with Crippen molar-refractivity contribution in [3.63, 3.8) is 0 Å². The highest BCUT2D eigenvalue weighted by molar-refractivity contribution is 5.15. The minimum atomic E-state index is 1.26. The van der Waals surface area contributed by atoms with Crippen LogP contribution in [0, 0.1) is 13.8 Å². The quantitative estimate of drug-likeness (QED) is 0.571. The molecule has 0 bridgehead atoms. The molecule has 0 aliphatic carbocycles. The first-order valence-electron chi connectivity index (χ1n) is 5.40. The topological polar surface area (TPSA) is 15.8 Å².